The molecule has 0 N–H and O–H groups in total. The average molecular weight is 395 g/mol. The van der Waals surface area contributed by atoms with E-state index in [0.717, 1.165) is 42.8 Å². The lowest BCUT2D eigenvalue weighted by Crippen LogP contribution is -2.47. The molecular formula is C22H23FN4S. The Kier molecular flexibility index (Phi) is 5.76. The molecule has 0 bridgehead atoms. The molecule has 1 aliphatic rings. The van der Waals surface area contributed by atoms with Gasteiger partial charge in [0.1, 0.15) is 23.0 Å². The Balaban J connectivity index is 1.39. The first kappa shape index (κ1) is 18.7. The Morgan fingerprint density at radius 1 is 0.929 bits per heavy atom. The number of anilines is 2. The van der Waals surface area contributed by atoms with E-state index in [1.807, 2.05) is 12.1 Å². The van der Waals surface area contributed by atoms with Crippen LogP contribution in [0.25, 0.3) is 0 Å². The fourth-order valence-electron chi connectivity index (χ4n) is 3.39. The second-order valence-corrected chi connectivity index (χ2v) is 7.85. The van der Waals surface area contributed by atoms with Crippen molar-refractivity contribution in [1.29, 1.82) is 0 Å². The predicted molar refractivity (Wildman–Crippen MR) is 114 cm³/mol. The molecule has 0 aliphatic carbocycles. The molecule has 0 spiro atoms. The zero-order chi connectivity index (χ0) is 19.3. The number of aromatic nitrogens is 2. The van der Waals surface area contributed by atoms with E-state index < -0.39 is 0 Å². The van der Waals surface area contributed by atoms with Gasteiger partial charge in [0, 0.05) is 38.0 Å². The lowest BCUT2D eigenvalue weighted by atomic mass is 10.1. The predicted octanol–water partition coefficient (Wildman–Crippen LogP) is 4.54. The average Bonchev–Trinajstić information content (AvgIpc) is 2.74. The number of thioether (sulfide) groups is 1. The number of nitrogens with zero attached hydrogens (tertiary/aromatic N) is 4. The van der Waals surface area contributed by atoms with Crippen molar-refractivity contribution in [3.05, 3.63) is 77.9 Å². The highest BCUT2D eigenvalue weighted by atomic mass is 32.2. The maximum atomic E-state index is 14.0. The van der Waals surface area contributed by atoms with Crippen LogP contribution in [-0.2, 0) is 5.75 Å². The second kappa shape index (κ2) is 8.61. The first-order chi connectivity index (χ1) is 13.7. The van der Waals surface area contributed by atoms with Gasteiger partial charge >= 0.3 is 0 Å². The Labute approximate surface area is 169 Å². The van der Waals surface area contributed by atoms with Crippen molar-refractivity contribution in [2.45, 2.75) is 17.7 Å². The topological polar surface area (TPSA) is 32.3 Å². The SMILES string of the molecule is Cc1ccccc1CSc1cc(N2CCN(c3ccccc3F)CC2)ncn1. The number of halogens is 1. The number of hydrogen-bond donors (Lipinski definition) is 0. The number of rotatable bonds is 5. The van der Waals surface area contributed by atoms with Crippen LogP contribution >= 0.6 is 11.8 Å². The van der Waals surface area contributed by atoms with Crippen LogP contribution in [0.2, 0.25) is 0 Å². The molecule has 28 heavy (non-hydrogen) atoms. The summed E-state index contributed by atoms with van der Waals surface area (Å²) in [5, 5.41) is 0.977. The highest BCUT2D eigenvalue weighted by molar-refractivity contribution is 7.98. The maximum Gasteiger partial charge on any atom is 0.146 e. The largest absolute Gasteiger partial charge is 0.366 e. The van der Waals surface area contributed by atoms with E-state index in [1.54, 1.807) is 24.2 Å². The summed E-state index contributed by atoms with van der Waals surface area (Å²) in [6.45, 7) is 5.31. The number of aryl methyl sites for hydroxylation is 1. The van der Waals surface area contributed by atoms with Gasteiger partial charge < -0.3 is 9.80 Å². The molecule has 0 unspecified atom stereocenters. The number of hydrogen-bond acceptors (Lipinski definition) is 5. The fourth-order valence-corrected chi connectivity index (χ4v) is 4.33. The minimum absolute atomic E-state index is 0.159. The van der Waals surface area contributed by atoms with E-state index in [1.165, 1.54) is 17.2 Å². The Morgan fingerprint density at radius 3 is 2.43 bits per heavy atom. The van der Waals surface area contributed by atoms with Crippen molar-refractivity contribution >= 4 is 23.3 Å². The third-order valence-corrected chi connectivity index (χ3v) is 6.04. The normalized spacial score (nSPS) is 14.4. The smallest absolute Gasteiger partial charge is 0.146 e. The second-order valence-electron chi connectivity index (χ2n) is 6.86. The molecule has 4 nitrogen and oxygen atoms in total. The molecule has 0 amide bonds. The van der Waals surface area contributed by atoms with Gasteiger partial charge in [0.05, 0.1) is 5.69 Å². The third kappa shape index (κ3) is 4.28. The molecule has 3 aromatic rings. The molecule has 144 valence electrons. The van der Waals surface area contributed by atoms with E-state index in [0.29, 0.717) is 5.69 Å². The quantitative estimate of drug-likeness (QED) is 0.468. The number of benzene rings is 2. The van der Waals surface area contributed by atoms with Crippen LogP contribution in [0.1, 0.15) is 11.1 Å². The molecule has 0 radical (unpaired) electrons. The molecule has 1 aromatic heterocycles. The summed E-state index contributed by atoms with van der Waals surface area (Å²) in [5.41, 5.74) is 3.30. The zero-order valence-corrected chi connectivity index (χ0v) is 16.7. The van der Waals surface area contributed by atoms with Crippen LogP contribution in [0.3, 0.4) is 0 Å². The first-order valence-electron chi connectivity index (χ1n) is 9.44. The van der Waals surface area contributed by atoms with Crippen LogP contribution in [0.15, 0.2) is 66.0 Å². The lowest BCUT2D eigenvalue weighted by Gasteiger charge is -2.36. The highest BCUT2D eigenvalue weighted by Crippen LogP contribution is 2.26. The molecule has 1 aliphatic heterocycles. The van der Waals surface area contributed by atoms with Gasteiger partial charge in [-0.15, -0.1) is 11.8 Å². The van der Waals surface area contributed by atoms with Crippen molar-refractivity contribution in [2.75, 3.05) is 36.0 Å². The standard InChI is InChI=1S/C22H23FN4S/c1-17-6-2-3-7-18(17)15-28-22-14-21(24-16-25-22)27-12-10-26(11-13-27)20-9-5-4-8-19(20)23/h2-9,14,16H,10-13,15H2,1H3. The Hall–Kier alpha value is -2.60. The van der Waals surface area contributed by atoms with Crippen LogP contribution in [0.5, 0.6) is 0 Å². The van der Waals surface area contributed by atoms with Crippen molar-refractivity contribution in [2.24, 2.45) is 0 Å². The number of piperazine rings is 1. The summed E-state index contributed by atoms with van der Waals surface area (Å²) in [7, 11) is 0. The third-order valence-electron chi connectivity index (χ3n) is 5.06. The Bertz CT molecular complexity index is 941. The lowest BCUT2D eigenvalue weighted by molar-refractivity contribution is 0.595. The van der Waals surface area contributed by atoms with Crippen LogP contribution in [0, 0.1) is 12.7 Å². The van der Waals surface area contributed by atoms with Crippen molar-refractivity contribution in [1.82, 2.24) is 9.97 Å². The van der Waals surface area contributed by atoms with E-state index >= 15 is 0 Å². The van der Waals surface area contributed by atoms with Gasteiger partial charge in [-0.05, 0) is 30.2 Å². The summed E-state index contributed by atoms with van der Waals surface area (Å²) >= 11 is 1.73. The molecule has 0 atom stereocenters. The van der Waals surface area contributed by atoms with E-state index in [4.69, 9.17) is 0 Å². The van der Waals surface area contributed by atoms with Gasteiger partial charge in [-0.25, -0.2) is 14.4 Å². The zero-order valence-electron chi connectivity index (χ0n) is 15.9. The molecule has 6 heteroatoms. The first-order valence-corrected chi connectivity index (χ1v) is 10.4. The van der Waals surface area contributed by atoms with Crippen LogP contribution < -0.4 is 9.80 Å². The molecule has 1 saturated heterocycles. The summed E-state index contributed by atoms with van der Waals surface area (Å²) in [4.78, 5) is 13.2. The van der Waals surface area contributed by atoms with E-state index in [-0.39, 0.29) is 5.82 Å². The van der Waals surface area contributed by atoms with Crippen molar-refractivity contribution in [3.63, 3.8) is 0 Å². The molecule has 2 heterocycles. The summed E-state index contributed by atoms with van der Waals surface area (Å²) in [5.74, 6) is 1.67. The summed E-state index contributed by atoms with van der Waals surface area (Å²) in [6.07, 6.45) is 1.64. The molecular weight excluding hydrogens is 371 g/mol. The van der Waals surface area contributed by atoms with Crippen molar-refractivity contribution in [3.8, 4) is 0 Å². The monoisotopic (exact) mass is 394 g/mol. The summed E-state index contributed by atoms with van der Waals surface area (Å²) < 4.78 is 14.0. The van der Waals surface area contributed by atoms with Crippen LogP contribution in [0.4, 0.5) is 15.9 Å². The molecule has 4 rings (SSSR count). The molecule has 0 saturated carbocycles. The van der Waals surface area contributed by atoms with Gasteiger partial charge in [0.15, 0.2) is 0 Å². The molecule has 1 fully saturated rings. The van der Waals surface area contributed by atoms with Crippen LogP contribution in [-0.4, -0.2) is 36.1 Å². The van der Waals surface area contributed by atoms with Gasteiger partial charge in [-0.2, -0.15) is 0 Å². The summed E-state index contributed by atoms with van der Waals surface area (Å²) in [6, 6.07) is 17.5. The van der Waals surface area contributed by atoms with E-state index in [2.05, 4.69) is 57.0 Å². The minimum Gasteiger partial charge on any atom is -0.366 e. The van der Waals surface area contributed by atoms with Gasteiger partial charge in [0.25, 0.3) is 0 Å². The maximum absolute atomic E-state index is 14.0. The Morgan fingerprint density at radius 2 is 1.64 bits per heavy atom. The van der Waals surface area contributed by atoms with Gasteiger partial charge in [0.2, 0.25) is 0 Å². The molecule has 2 aromatic carbocycles. The number of para-hydroxylation sites is 1. The minimum atomic E-state index is -0.159. The highest BCUT2D eigenvalue weighted by Gasteiger charge is 2.20. The van der Waals surface area contributed by atoms with Crippen molar-refractivity contribution < 1.29 is 4.39 Å². The van der Waals surface area contributed by atoms with Gasteiger partial charge in [-0.3, -0.25) is 0 Å². The fraction of sp³-hybridized carbons (Fsp3) is 0.273. The van der Waals surface area contributed by atoms with E-state index in [9.17, 15) is 4.39 Å². The van der Waals surface area contributed by atoms with Gasteiger partial charge in [-0.1, -0.05) is 36.4 Å².